The summed E-state index contributed by atoms with van der Waals surface area (Å²) >= 11 is 8.32. The van der Waals surface area contributed by atoms with Gasteiger partial charge in [0.05, 0.1) is 25.8 Å². The monoisotopic (exact) mass is 493 g/mol. The summed E-state index contributed by atoms with van der Waals surface area (Å²) in [7, 11) is 4.60. The van der Waals surface area contributed by atoms with E-state index < -0.39 is 11.8 Å². The van der Waals surface area contributed by atoms with Gasteiger partial charge in [0, 0.05) is 11.6 Å². The van der Waals surface area contributed by atoms with Gasteiger partial charge in [-0.3, -0.25) is 25.8 Å². The zero-order valence-electron chi connectivity index (χ0n) is 16.4. The SMILES string of the molecule is COc1ccc(C(=O)NNC(=S)NC(=O)/C=C/c2ccc(OC)c(OC)c2)cc1Br. The summed E-state index contributed by atoms with van der Waals surface area (Å²) in [5.74, 6) is 0.831. The molecule has 10 heteroatoms. The van der Waals surface area contributed by atoms with E-state index in [2.05, 4.69) is 32.1 Å². The van der Waals surface area contributed by atoms with Crippen LogP contribution in [-0.2, 0) is 4.79 Å². The molecule has 0 spiro atoms. The first-order valence-corrected chi connectivity index (χ1v) is 9.73. The van der Waals surface area contributed by atoms with E-state index in [1.54, 1.807) is 49.6 Å². The van der Waals surface area contributed by atoms with Crippen molar-refractivity contribution in [3.8, 4) is 17.2 Å². The maximum atomic E-state index is 12.2. The molecular weight excluding hydrogens is 474 g/mol. The molecule has 0 aromatic heterocycles. The Morgan fingerprint density at radius 3 is 2.23 bits per heavy atom. The Bertz CT molecular complexity index is 981. The summed E-state index contributed by atoms with van der Waals surface area (Å²) in [6.07, 6.45) is 2.89. The van der Waals surface area contributed by atoms with Crippen molar-refractivity contribution < 1.29 is 23.8 Å². The van der Waals surface area contributed by atoms with Gasteiger partial charge in [0.2, 0.25) is 5.91 Å². The number of methoxy groups -OCH3 is 3. The van der Waals surface area contributed by atoms with Crippen molar-refractivity contribution in [2.75, 3.05) is 21.3 Å². The maximum absolute atomic E-state index is 12.2. The van der Waals surface area contributed by atoms with Gasteiger partial charge in [-0.2, -0.15) is 0 Å². The smallest absolute Gasteiger partial charge is 0.269 e. The van der Waals surface area contributed by atoms with Crippen LogP contribution in [0.15, 0.2) is 46.9 Å². The van der Waals surface area contributed by atoms with Crippen LogP contribution in [-0.4, -0.2) is 38.3 Å². The van der Waals surface area contributed by atoms with E-state index >= 15 is 0 Å². The predicted molar refractivity (Wildman–Crippen MR) is 121 cm³/mol. The van der Waals surface area contributed by atoms with Gasteiger partial charge in [0.15, 0.2) is 16.6 Å². The van der Waals surface area contributed by atoms with Crippen molar-refractivity contribution in [2.45, 2.75) is 0 Å². The third kappa shape index (κ3) is 6.46. The number of carbonyl (C=O) groups is 2. The Labute approximate surface area is 187 Å². The topological polar surface area (TPSA) is 97.9 Å². The predicted octanol–water partition coefficient (Wildman–Crippen LogP) is 2.82. The molecular formula is C20H20BrN3O5S. The Hall–Kier alpha value is -3.11. The van der Waals surface area contributed by atoms with E-state index in [0.29, 0.717) is 27.3 Å². The molecule has 0 saturated heterocycles. The Kier molecular flexibility index (Phi) is 8.63. The molecule has 0 unspecified atom stereocenters. The number of hydrogen-bond acceptors (Lipinski definition) is 6. The van der Waals surface area contributed by atoms with Crippen molar-refractivity contribution in [3.05, 3.63) is 58.1 Å². The van der Waals surface area contributed by atoms with Crippen molar-refractivity contribution in [3.63, 3.8) is 0 Å². The highest BCUT2D eigenvalue weighted by Crippen LogP contribution is 2.28. The van der Waals surface area contributed by atoms with Crippen LogP contribution >= 0.6 is 28.1 Å². The number of benzene rings is 2. The van der Waals surface area contributed by atoms with Crippen molar-refractivity contribution >= 4 is 51.2 Å². The lowest BCUT2D eigenvalue weighted by atomic mass is 10.2. The van der Waals surface area contributed by atoms with Crippen LogP contribution in [0.2, 0.25) is 0 Å². The van der Waals surface area contributed by atoms with E-state index in [4.69, 9.17) is 26.4 Å². The molecule has 0 aliphatic rings. The highest BCUT2D eigenvalue weighted by molar-refractivity contribution is 9.10. The number of amides is 2. The Morgan fingerprint density at radius 1 is 0.933 bits per heavy atom. The van der Waals surface area contributed by atoms with Crippen LogP contribution in [0.4, 0.5) is 0 Å². The van der Waals surface area contributed by atoms with E-state index in [-0.39, 0.29) is 5.11 Å². The fourth-order valence-electron chi connectivity index (χ4n) is 2.31. The maximum Gasteiger partial charge on any atom is 0.269 e. The van der Waals surface area contributed by atoms with Crippen LogP contribution in [0.5, 0.6) is 17.2 Å². The minimum atomic E-state index is -0.469. The van der Waals surface area contributed by atoms with Crippen LogP contribution in [0.1, 0.15) is 15.9 Å². The standard InChI is InChI=1S/C20H20BrN3O5S/c1-27-15-8-6-13(11-14(15)21)19(26)23-24-20(30)22-18(25)9-5-12-4-7-16(28-2)17(10-12)29-3/h4-11H,1-3H3,(H,23,26)(H2,22,24,25,30)/b9-5+. The van der Waals surface area contributed by atoms with Crippen molar-refractivity contribution in [1.82, 2.24) is 16.2 Å². The second-order valence-corrected chi connectivity index (χ2v) is 6.96. The molecule has 0 radical (unpaired) electrons. The van der Waals surface area contributed by atoms with Crippen LogP contribution in [0.25, 0.3) is 6.08 Å². The number of nitrogens with one attached hydrogen (secondary N) is 3. The molecule has 0 heterocycles. The first-order valence-electron chi connectivity index (χ1n) is 8.53. The van der Waals surface area contributed by atoms with Crippen molar-refractivity contribution in [1.29, 1.82) is 0 Å². The summed E-state index contributed by atoms with van der Waals surface area (Å²) in [4.78, 5) is 24.2. The highest BCUT2D eigenvalue weighted by Gasteiger charge is 2.10. The minimum absolute atomic E-state index is 0.0575. The normalized spacial score (nSPS) is 10.3. The lowest BCUT2D eigenvalue weighted by molar-refractivity contribution is -0.115. The third-order valence-electron chi connectivity index (χ3n) is 3.78. The number of hydrazine groups is 1. The molecule has 158 valence electrons. The lowest BCUT2D eigenvalue weighted by Gasteiger charge is -2.11. The first-order chi connectivity index (χ1) is 14.4. The van der Waals surface area contributed by atoms with Crippen LogP contribution in [0, 0.1) is 0 Å². The fraction of sp³-hybridized carbons (Fsp3) is 0.150. The van der Waals surface area contributed by atoms with Crippen molar-refractivity contribution in [2.24, 2.45) is 0 Å². The van der Waals surface area contributed by atoms with E-state index in [9.17, 15) is 9.59 Å². The first kappa shape index (κ1) is 23.2. The molecule has 0 atom stereocenters. The highest BCUT2D eigenvalue weighted by atomic mass is 79.9. The second kappa shape index (κ2) is 11.2. The van der Waals surface area contributed by atoms with Gasteiger partial charge < -0.3 is 14.2 Å². The number of thiocarbonyl (C=S) groups is 1. The van der Waals surface area contributed by atoms with E-state index in [1.165, 1.54) is 20.3 Å². The molecule has 2 aromatic carbocycles. The molecule has 0 fully saturated rings. The fourth-order valence-corrected chi connectivity index (χ4v) is 3.00. The summed E-state index contributed by atoms with van der Waals surface area (Å²) in [6.45, 7) is 0. The molecule has 30 heavy (non-hydrogen) atoms. The summed E-state index contributed by atoms with van der Waals surface area (Å²) in [5, 5.41) is 2.37. The minimum Gasteiger partial charge on any atom is -0.496 e. The molecule has 8 nitrogen and oxygen atoms in total. The second-order valence-electron chi connectivity index (χ2n) is 5.69. The molecule has 0 aliphatic heterocycles. The van der Waals surface area contributed by atoms with Gasteiger partial charge in [-0.25, -0.2) is 0 Å². The summed E-state index contributed by atoms with van der Waals surface area (Å²) in [5.41, 5.74) is 5.99. The average Bonchev–Trinajstić information content (AvgIpc) is 2.75. The largest absolute Gasteiger partial charge is 0.496 e. The molecule has 0 bridgehead atoms. The summed E-state index contributed by atoms with van der Waals surface area (Å²) in [6, 6.07) is 10.1. The van der Waals surface area contributed by atoms with Gasteiger partial charge in [-0.1, -0.05) is 6.07 Å². The van der Waals surface area contributed by atoms with Gasteiger partial charge in [-0.05, 0) is 70.1 Å². The molecule has 0 aliphatic carbocycles. The molecule has 2 amide bonds. The zero-order chi connectivity index (χ0) is 22.1. The molecule has 0 saturated carbocycles. The third-order valence-corrected chi connectivity index (χ3v) is 4.60. The van der Waals surface area contributed by atoms with Gasteiger partial charge in [0.1, 0.15) is 5.75 Å². The quantitative estimate of drug-likeness (QED) is 0.323. The average molecular weight is 494 g/mol. The zero-order valence-corrected chi connectivity index (χ0v) is 18.8. The van der Waals surface area contributed by atoms with Gasteiger partial charge in [0.25, 0.3) is 5.91 Å². The van der Waals surface area contributed by atoms with Gasteiger partial charge >= 0.3 is 0 Å². The summed E-state index contributed by atoms with van der Waals surface area (Å²) < 4.78 is 16.1. The number of halogens is 1. The lowest BCUT2D eigenvalue weighted by Crippen LogP contribution is -2.48. The number of rotatable bonds is 6. The Morgan fingerprint density at radius 2 is 1.60 bits per heavy atom. The Balaban J connectivity index is 1.87. The number of hydrogen-bond donors (Lipinski definition) is 3. The molecule has 2 aromatic rings. The van der Waals surface area contributed by atoms with Gasteiger partial charge in [-0.15, -0.1) is 0 Å². The number of carbonyl (C=O) groups excluding carboxylic acids is 2. The number of ether oxygens (including phenoxy) is 3. The van der Waals surface area contributed by atoms with E-state index in [1.807, 2.05) is 0 Å². The molecule has 3 N–H and O–H groups in total. The van der Waals surface area contributed by atoms with Crippen LogP contribution < -0.4 is 30.4 Å². The van der Waals surface area contributed by atoms with E-state index in [0.717, 1.165) is 5.56 Å². The molecule has 2 rings (SSSR count). The van der Waals surface area contributed by atoms with Crippen LogP contribution in [0.3, 0.4) is 0 Å².